The summed E-state index contributed by atoms with van der Waals surface area (Å²) in [6.45, 7) is 0.509. The van der Waals surface area contributed by atoms with Crippen molar-refractivity contribution in [2.75, 3.05) is 6.54 Å². The second kappa shape index (κ2) is 6.33. The molecular formula is C12H12ClIN4O. The van der Waals surface area contributed by atoms with Gasteiger partial charge in [0.2, 0.25) is 0 Å². The molecule has 19 heavy (non-hydrogen) atoms. The molecule has 1 heterocycles. The van der Waals surface area contributed by atoms with Crippen molar-refractivity contribution >= 4 is 40.1 Å². The van der Waals surface area contributed by atoms with Crippen molar-refractivity contribution in [3.05, 3.63) is 44.5 Å². The van der Waals surface area contributed by atoms with Gasteiger partial charge in [0.15, 0.2) is 0 Å². The minimum atomic E-state index is -0.138. The number of benzene rings is 1. The normalized spacial score (nSPS) is 10.5. The summed E-state index contributed by atoms with van der Waals surface area (Å²) in [7, 11) is 1.87. The fourth-order valence-electron chi connectivity index (χ4n) is 1.56. The number of aryl methyl sites for hydroxylation is 1. The highest BCUT2D eigenvalue weighted by atomic mass is 127. The largest absolute Gasteiger partial charge is 0.352 e. The van der Waals surface area contributed by atoms with Gasteiger partial charge in [-0.05, 0) is 40.8 Å². The van der Waals surface area contributed by atoms with Crippen LogP contribution in [0, 0.1) is 3.57 Å². The Morgan fingerprint density at radius 1 is 1.53 bits per heavy atom. The lowest BCUT2D eigenvalue weighted by atomic mass is 10.2. The summed E-state index contributed by atoms with van der Waals surface area (Å²) in [6, 6.07) is 5.24. The van der Waals surface area contributed by atoms with Gasteiger partial charge in [0.05, 0.1) is 5.02 Å². The molecule has 0 bridgehead atoms. The van der Waals surface area contributed by atoms with Crippen LogP contribution in [0.3, 0.4) is 0 Å². The Hall–Kier alpha value is -1.15. The quantitative estimate of drug-likeness (QED) is 0.813. The van der Waals surface area contributed by atoms with Crippen molar-refractivity contribution in [3.8, 4) is 0 Å². The molecule has 2 rings (SSSR count). The Morgan fingerprint density at radius 3 is 2.95 bits per heavy atom. The molecule has 1 aromatic carbocycles. The highest BCUT2D eigenvalue weighted by molar-refractivity contribution is 14.1. The number of carbonyl (C=O) groups excluding carboxylic acids is 1. The molecule has 0 aliphatic rings. The molecule has 1 amide bonds. The zero-order chi connectivity index (χ0) is 13.8. The van der Waals surface area contributed by atoms with E-state index >= 15 is 0 Å². The maximum atomic E-state index is 11.9. The number of nitrogens with zero attached hydrogens (tertiary/aromatic N) is 3. The Morgan fingerprint density at radius 2 is 2.32 bits per heavy atom. The lowest BCUT2D eigenvalue weighted by Gasteiger charge is -2.06. The summed E-state index contributed by atoms with van der Waals surface area (Å²) in [5, 5.41) is 11.1. The Bertz CT molecular complexity index is 599. The van der Waals surface area contributed by atoms with Crippen LogP contribution in [0.5, 0.6) is 0 Å². The molecule has 0 radical (unpaired) electrons. The maximum absolute atomic E-state index is 11.9. The van der Waals surface area contributed by atoms with E-state index in [0.717, 1.165) is 9.39 Å². The summed E-state index contributed by atoms with van der Waals surface area (Å²) in [4.78, 5) is 11.9. The first-order valence-corrected chi connectivity index (χ1v) is 7.09. The van der Waals surface area contributed by atoms with Crippen LogP contribution in [0.2, 0.25) is 5.02 Å². The zero-order valence-electron chi connectivity index (χ0n) is 10.2. The molecule has 0 unspecified atom stereocenters. The average Bonchev–Trinajstić information content (AvgIpc) is 2.78. The van der Waals surface area contributed by atoms with Crippen LogP contribution in [0.15, 0.2) is 24.5 Å². The SMILES string of the molecule is Cn1cnnc1CCNC(=O)c1ccc(I)c(Cl)c1. The van der Waals surface area contributed by atoms with Gasteiger partial charge in [0, 0.05) is 29.1 Å². The number of aromatic nitrogens is 3. The van der Waals surface area contributed by atoms with Crippen LogP contribution in [-0.4, -0.2) is 27.2 Å². The highest BCUT2D eigenvalue weighted by Crippen LogP contribution is 2.19. The first-order valence-electron chi connectivity index (χ1n) is 5.64. The van der Waals surface area contributed by atoms with E-state index < -0.39 is 0 Å². The predicted molar refractivity (Wildman–Crippen MR) is 81.2 cm³/mol. The van der Waals surface area contributed by atoms with Crippen molar-refractivity contribution in [1.82, 2.24) is 20.1 Å². The van der Waals surface area contributed by atoms with Crippen LogP contribution in [0.1, 0.15) is 16.2 Å². The third kappa shape index (κ3) is 3.66. The third-order valence-electron chi connectivity index (χ3n) is 2.62. The summed E-state index contributed by atoms with van der Waals surface area (Å²) in [6.07, 6.45) is 2.27. The smallest absolute Gasteiger partial charge is 0.251 e. The molecule has 0 aliphatic carbocycles. The van der Waals surface area contributed by atoms with E-state index in [1.54, 1.807) is 18.5 Å². The molecule has 0 atom stereocenters. The number of rotatable bonds is 4. The lowest BCUT2D eigenvalue weighted by molar-refractivity contribution is 0.0954. The van der Waals surface area contributed by atoms with Gasteiger partial charge in [-0.15, -0.1) is 10.2 Å². The van der Waals surface area contributed by atoms with Gasteiger partial charge in [0.25, 0.3) is 5.91 Å². The Labute approximate surface area is 129 Å². The molecule has 0 saturated carbocycles. The van der Waals surface area contributed by atoms with Crippen molar-refractivity contribution in [2.24, 2.45) is 7.05 Å². The number of carbonyl (C=O) groups is 1. The van der Waals surface area contributed by atoms with Crippen LogP contribution >= 0.6 is 34.2 Å². The molecule has 0 aliphatic heterocycles. The molecule has 2 aromatic rings. The Kier molecular flexibility index (Phi) is 4.76. The number of hydrogen-bond acceptors (Lipinski definition) is 3. The molecular weight excluding hydrogens is 379 g/mol. The topological polar surface area (TPSA) is 59.8 Å². The summed E-state index contributed by atoms with van der Waals surface area (Å²) in [5.74, 6) is 0.696. The number of nitrogens with one attached hydrogen (secondary N) is 1. The summed E-state index contributed by atoms with van der Waals surface area (Å²) >= 11 is 8.11. The van der Waals surface area contributed by atoms with Crippen molar-refractivity contribution in [1.29, 1.82) is 0 Å². The standard InChI is InChI=1S/C12H12ClIN4O/c1-18-7-16-17-11(18)4-5-15-12(19)8-2-3-10(14)9(13)6-8/h2-3,6-7H,4-5H2,1H3,(H,15,19). The predicted octanol–water partition coefficient (Wildman–Crippen LogP) is 2.05. The fourth-order valence-corrected chi connectivity index (χ4v) is 2.08. The average molecular weight is 391 g/mol. The van der Waals surface area contributed by atoms with Gasteiger partial charge >= 0.3 is 0 Å². The summed E-state index contributed by atoms with van der Waals surface area (Å²) in [5.41, 5.74) is 0.559. The van der Waals surface area contributed by atoms with Gasteiger partial charge in [-0.1, -0.05) is 11.6 Å². The second-order valence-electron chi connectivity index (χ2n) is 3.99. The molecule has 100 valence electrons. The second-order valence-corrected chi connectivity index (χ2v) is 5.56. The van der Waals surface area contributed by atoms with Crippen molar-refractivity contribution in [3.63, 3.8) is 0 Å². The van der Waals surface area contributed by atoms with Crippen LogP contribution in [-0.2, 0) is 13.5 Å². The molecule has 1 aromatic heterocycles. The van der Waals surface area contributed by atoms with E-state index in [4.69, 9.17) is 11.6 Å². The number of hydrogen-bond donors (Lipinski definition) is 1. The zero-order valence-corrected chi connectivity index (χ0v) is 13.1. The molecule has 0 saturated heterocycles. The minimum absolute atomic E-state index is 0.138. The first kappa shape index (κ1) is 14.3. The highest BCUT2D eigenvalue weighted by Gasteiger charge is 2.08. The van der Waals surface area contributed by atoms with Gasteiger partial charge in [-0.2, -0.15) is 0 Å². The minimum Gasteiger partial charge on any atom is -0.352 e. The molecule has 0 fully saturated rings. The van der Waals surface area contributed by atoms with Gasteiger partial charge < -0.3 is 9.88 Å². The molecule has 1 N–H and O–H groups in total. The van der Waals surface area contributed by atoms with E-state index in [0.29, 0.717) is 23.6 Å². The lowest BCUT2D eigenvalue weighted by Crippen LogP contribution is -2.26. The van der Waals surface area contributed by atoms with Crippen LogP contribution in [0.4, 0.5) is 0 Å². The van der Waals surface area contributed by atoms with Gasteiger partial charge in [-0.25, -0.2) is 0 Å². The Balaban J connectivity index is 1.91. The third-order valence-corrected chi connectivity index (χ3v) is 4.19. The van der Waals surface area contributed by atoms with Crippen LogP contribution < -0.4 is 5.32 Å². The van der Waals surface area contributed by atoms with E-state index in [-0.39, 0.29) is 5.91 Å². The van der Waals surface area contributed by atoms with E-state index in [1.165, 1.54) is 0 Å². The van der Waals surface area contributed by atoms with Crippen molar-refractivity contribution in [2.45, 2.75) is 6.42 Å². The molecule has 7 heteroatoms. The van der Waals surface area contributed by atoms with Gasteiger partial charge in [-0.3, -0.25) is 4.79 Å². The van der Waals surface area contributed by atoms with Crippen LogP contribution in [0.25, 0.3) is 0 Å². The van der Waals surface area contributed by atoms with E-state index in [1.807, 2.05) is 17.7 Å². The van der Waals surface area contributed by atoms with Crippen molar-refractivity contribution < 1.29 is 4.79 Å². The fraction of sp³-hybridized carbons (Fsp3) is 0.250. The number of amides is 1. The van der Waals surface area contributed by atoms with E-state index in [9.17, 15) is 4.79 Å². The number of halogens is 2. The maximum Gasteiger partial charge on any atom is 0.251 e. The molecule has 0 spiro atoms. The van der Waals surface area contributed by atoms with E-state index in [2.05, 4.69) is 38.1 Å². The van der Waals surface area contributed by atoms with Gasteiger partial charge in [0.1, 0.15) is 12.2 Å². The molecule has 5 nitrogen and oxygen atoms in total. The first-order chi connectivity index (χ1) is 9.08. The monoisotopic (exact) mass is 390 g/mol. The summed E-state index contributed by atoms with van der Waals surface area (Å²) < 4.78 is 2.75.